The van der Waals surface area contributed by atoms with E-state index in [1.54, 1.807) is 30.5 Å². The smallest absolute Gasteiger partial charge is 0.165 e. The highest BCUT2D eigenvalue weighted by atomic mass is 19.1. The fraction of sp³-hybridized carbons (Fsp3) is 0.286. The highest BCUT2D eigenvalue weighted by Crippen LogP contribution is 2.26. The molecule has 17 heavy (non-hydrogen) atoms. The second kappa shape index (κ2) is 5.04. The van der Waals surface area contributed by atoms with Crippen LogP contribution in [0.3, 0.4) is 0 Å². The summed E-state index contributed by atoms with van der Waals surface area (Å²) < 4.78 is 24.3. The van der Waals surface area contributed by atoms with Gasteiger partial charge in [-0.2, -0.15) is 0 Å². The van der Waals surface area contributed by atoms with E-state index in [1.165, 1.54) is 6.07 Å². The molecular weight excluding hydrogens is 219 g/mol. The van der Waals surface area contributed by atoms with Crippen LogP contribution < -0.4 is 4.74 Å². The van der Waals surface area contributed by atoms with Crippen molar-refractivity contribution in [3.05, 3.63) is 42.4 Å². The number of rotatable bonds is 4. The van der Waals surface area contributed by atoms with Crippen LogP contribution in [0.5, 0.6) is 5.75 Å². The number of halogens is 1. The molecule has 2 nitrogen and oxygen atoms in total. The average molecular weight is 234 g/mol. The summed E-state index contributed by atoms with van der Waals surface area (Å²) in [6.45, 7) is 4.56. The summed E-state index contributed by atoms with van der Waals surface area (Å²) in [7, 11) is 0. The minimum atomic E-state index is -0.362. The van der Waals surface area contributed by atoms with E-state index in [1.807, 2.05) is 13.8 Å². The predicted octanol–water partition coefficient (Wildman–Crippen LogP) is 4.12. The van der Waals surface area contributed by atoms with Crippen molar-refractivity contribution >= 4 is 0 Å². The van der Waals surface area contributed by atoms with Crippen molar-refractivity contribution in [1.82, 2.24) is 0 Å². The summed E-state index contributed by atoms with van der Waals surface area (Å²) in [5, 5.41) is 0. The van der Waals surface area contributed by atoms with Crippen LogP contribution in [0.4, 0.5) is 4.39 Å². The predicted molar refractivity (Wildman–Crippen MR) is 64.4 cm³/mol. The van der Waals surface area contributed by atoms with Crippen LogP contribution in [-0.4, -0.2) is 6.61 Å². The second-order valence-corrected chi connectivity index (χ2v) is 4.33. The Balaban J connectivity index is 2.17. The summed E-state index contributed by atoms with van der Waals surface area (Å²) in [6.07, 6.45) is 1.57. The van der Waals surface area contributed by atoms with E-state index in [2.05, 4.69) is 0 Å². The Morgan fingerprint density at radius 3 is 2.71 bits per heavy atom. The first kappa shape index (κ1) is 11.7. The lowest BCUT2D eigenvalue weighted by Crippen LogP contribution is -2.05. The van der Waals surface area contributed by atoms with E-state index < -0.39 is 0 Å². The first-order chi connectivity index (χ1) is 8.16. The van der Waals surface area contributed by atoms with Crippen molar-refractivity contribution in [3.8, 4) is 17.1 Å². The Hall–Kier alpha value is -1.77. The molecule has 2 rings (SSSR count). The van der Waals surface area contributed by atoms with Crippen molar-refractivity contribution in [2.45, 2.75) is 13.8 Å². The summed E-state index contributed by atoms with van der Waals surface area (Å²) in [5.41, 5.74) is 0.712. The second-order valence-electron chi connectivity index (χ2n) is 4.33. The zero-order valence-corrected chi connectivity index (χ0v) is 9.94. The molecule has 0 spiro atoms. The molecule has 0 aliphatic rings. The molecule has 1 heterocycles. The van der Waals surface area contributed by atoms with Crippen LogP contribution in [0, 0.1) is 11.7 Å². The molecule has 0 amide bonds. The first-order valence-electron chi connectivity index (χ1n) is 5.63. The molecule has 0 unspecified atom stereocenters. The Morgan fingerprint density at radius 1 is 1.29 bits per heavy atom. The van der Waals surface area contributed by atoms with Gasteiger partial charge in [-0.25, -0.2) is 4.39 Å². The maximum Gasteiger partial charge on any atom is 0.165 e. The Kier molecular flexibility index (Phi) is 3.47. The molecule has 1 aromatic carbocycles. The molecular formula is C14H15FO2. The van der Waals surface area contributed by atoms with Gasteiger partial charge in [0.05, 0.1) is 12.9 Å². The van der Waals surface area contributed by atoms with Crippen LogP contribution in [0.2, 0.25) is 0 Å². The average Bonchev–Trinajstić information content (AvgIpc) is 2.80. The van der Waals surface area contributed by atoms with Gasteiger partial charge in [-0.05, 0) is 36.2 Å². The van der Waals surface area contributed by atoms with Gasteiger partial charge in [0.15, 0.2) is 11.6 Å². The third-order valence-corrected chi connectivity index (χ3v) is 2.31. The largest absolute Gasteiger partial charge is 0.490 e. The lowest BCUT2D eigenvalue weighted by molar-refractivity contribution is 0.259. The molecule has 0 fully saturated rings. The molecule has 2 aromatic rings. The van der Waals surface area contributed by atoms with Crippen LogP contribution in [0.15, 0.2) is 41.0 Å². The van der Waals surface area contributed by atoms with E-state index in [0.29, 0.717) is 23.8 Å². The quantitative estimate of drug-likeness (QED) is 0.794. The number of hydrogen-bond donors (Lipinski definition) is 0. The normalized spacial score (nSPS) is 10.8. The lowest BCUT2D eigenvalue weighted by Gasteiger charge is -2.09. The molecule has 0 saturated carbocycles. The van der Waals surface area contributed by atoms with Gasteiger partial charge in [0, 0.05) is 5.56 Å². The summed E-state index contributed by atoms with van der Waals surface area (Å²) in [6, 6.07) is 8.42. The van der Waals surface area contributed by atoms with Crippen molar-refractivity contribution in [1.29, 1.82) is 0 Å². The number of furan rings is 1. The molecule has 0 radical (unpaired) electrons. The molecule has 1 aromatic heterocycles. The van der Waals surface area contributed by atoms with Gasteiger partial charge >= 0.3 is 0 Å². The van der Waals surface area contributed by atoms with E-state index in [4.69, 9.17) is 9.15 Å². The fourth-order valence-corrected chi connectivity index (χ4v) is 1.47. The monoisotopic (exact) mass is 234 g/mol. The standard InChI is InChI=1S/C14H15FO2/c1-10(2)9-17-14-6-5-11(8-12(14)15)13-4-3-7-16-13/h3-8,10H,9H2,1-2H3. The topological polar surface area (TPSA) is 22.4 Å². The Bertz CT molecular complexity index is 475. The first-order valence-corrected chi connectivity index (χ1v) is 5.63. The van der Waals surface area contributed by atoms with E-state index >= 15 is 0 Å². The molecule has 90 valence electrons. The Morgan fingerprint density at radius 2 is 2.12 bits per heavy atom. The van der Waals surface area contributed by atoms with Crippen molar-refractivity contribution < 1.29 is 13.5 Å². The number of benzene rings is 1. The van der Waals surface area contributed by atoms with Gasteiger partial charge in [0.1, 0.15) is 5.76 Å². The van der Waals surface area contributed by atoms with Crippen molar-refractivity contribution in [2.75, 3.05) is 6.61 Å². The minimum absolute atomic E-state index is 0.286. The van der Waals surface area contributed by atoms with Crippen LogP contribution in [0.1, 0.15) is 13.8 Å². The van der Waals surface area contributed by atoms with Gasteiger partial charge in [-0.15, -0.1) is 0 Å². The Labute approximate surface area is 100 Å². The molecule has 0 aliphatic carbocycles. The summed E-state index contributed by atoms with van der Waals surface area (Å²) >= 11 is 0. The molecule has 3 heteroatoms. The molecule has 0 N–H and O–H groups in total. The highest BCUT2D eigenvalue weighted by Gasteiger charge is 2.08. The summed E-state index contributed by atoms with van der Waals surface area (Å²) in [4.78, 5) is 0. The molecule has 0 bridgehead atoms. The van der Waals surface area contributed by atoms with E-state index in [-0.39, 0.29) is 11.6 Å². The van der Waals surface area contributed by atoms with Gasteiger partial charge in [0.25, 0.3) is 0 Å². The van der Waals surface area contributed by atoms with Gasteiger partial charge in [0.2, 0.25) is 0 Å². The SMILES string of the molecule is CC(C)COc1ccc(-c2ccco2)cc1F. The zero-order valence-electron chi connectivity index (χ0n) is 9.94. The molecule has 0 atom stereocenters. The van der Waals surface area contributed by atoms with Crippen molar-refractivity contribution in [2.24, 2.45) is 5.92 Å². The summed E-state index contributed by atoms with van der Waals surface area (Å²) in [5.74, 6) is 0.951. The van der Waals surface area contributed by atoms with Crippen LogP contribution >= 0.6 is 0 Å². The fourth-order valence-electron chi connectivity index (χ4n) is 1.47. The highest BCUT2D eigenvalue weighted by molar-refractivity contribution is 5.58. The maximum absolute atomic E-state index is 13.7. The molecule has 0 aliphatic heterocycles. The third-order valence-electron chi connectivity index (χ3n) is 2.31. The molecule has 0 saturated heterocycles. The number of hydrogen-bond acceptors (Lipinski definition) is 2. The van der Waals surface area contributed by atoms with E-state index in [9.17, 15) is 4.39 Å². The minimum Gasteiger partial charge on any atom is -0.490 e. The zero-order chi connectivity index (χ0) is 12.3. The maximum atomic E-state index is 13.7. The van der Waals surface area contributed by atoms with Gasteiger partial charge in [-0.3, -0.25) is 0 Å². The van der Waals surface area contributed by atoms with Gasteiger partial charge in [-0.1, -0.05) is 13.8 Å². The number of ether oxygens (including phenoxy) is 1. The van der Waals surface area contributed by atoms with E-state index in [0.717, 1.165) is 0 Å². The van der Waals surface area contributed by atoms with Crippen LogP contribution in [0.25, 0.3) is 11.3 Å². The van der Waals surface area contributed by atoms with Gasteiger partial charge < -0.3 is 9.15 Å². The van der Waals surface area contributed by atoms with Crippen LogP contribution in [-0.2, 0) is 0 Å². The van der Waals surface area contributed by atoms with Crippen molar-refractivity contribution in [3.63, 3.8) is 0 Å². The third kappa shape index (κ3) is 2.87. The lowest BCUT2D eigenvalue weighted by atomic mass is 10.1.